The van der Waals surface area contributed by atoms with Crippen molar-refractivity contribution < 1.29 is 22.7 Å². The summed E-state index contributed by atoms with van der Waals surface area (Å²) in [5.74, 6) is 0.843. The number of hydrogen-bond acceptors (Lipinski definition) is 7. The van der Waals surface area contributed by atoms with E-state index in [-0.39, 0.29) is 29.4 Å². The van der Waals surface area contributed by atoms with Gasteiger partial charge < -0.3 is 14.8 Å². The second-order valence-corrected chi connectivity index (χ2v) is 9.93. The fourth-order valence-electron chi connectivity index (χ4n) is 2.83. The smallest absolute Gasteiger partial charge is 0.226 e. The Morgan fingerprint density at radius 1 is 1.13 bits per heavy atom. The molecule has 0 aliphatic rings. The van der Waals surface area contributed by atoms with Crippen molar-refractivity contribution in [3.8, 4) is 22.8 Å². The second-order valence-electron chi connectivity index (χ2n) is 6.53. The molecule has 2 aromatic carbocycles. The van der Waals surface area contributed by atoms with Crippen LogP contribution >= 0.6 is 22.9 Å². The molecule has 3 aromatic rings. The van der Waals surface area contributed by atoms with Crippen LogP contribution < -0.4 is 14.8 Å². The largest absolute Gasteiger partial charge is 0.497 e. The molecule has 7 nitrogen and oxygen atoms in total. The minimum atomic E-state index is -3.47. The lowest BCUT2D eigenvalue weighted by atomic mass is 10.1. The number of carbonyl (C=O) groups excluding carboxylic acids is 1. The zero-order valence-electron chi connectivity index (χ0n) is 16.9. The number of sulfone groups is 1. The monoisotopic (exact) mass is 480 g/mol. The van der Waals surface area contributed by atoms with Crippen LogP contribution in [-0.2, 0) is 14.6 Å². The van der Waals surface area contributed by atoms with Gasteiger partial charge in [0, 0.05) is 28.5 Å². The van der Waals surface area contributed by atoms with Crippen LogP contribution in [0.3, 0.4) is 0 Å². The number of carbonyl (C=O) groups is 1. The van der Waals surface area contributed by atoms with Gasteiger partial charge in [0.25, 0.3) is 0 Å². The molecule has 10 heteroatoms. The average molecular weight is 481 g/mol. The first-order valence-corrected chi connectivity index (χ1v) is 12.2. The first-order valence-electron chi connectivity index (χ1n) is 9.28. The van der Waals surface area contributed by atoms with Gasteiger partial charge in [-0.15, -0.1) is 11.3 Å². The third-order valence-corrected chi connectivity index (χ3v) is 7.25. The Bertz CT molecular complexity index is 1160. The van der Waals surface area contributed by atoms with Crippen molar-refractivity contribution in [2.75, 3.05) is 25.3 Å². The molecule has 31 heavy (non-hydrogen) atoms. The van der Waals surface area contributed by atoms with E-state index in [0.717, 1.165) is 5.56 Å². The van der Waals surface area contributed by atoms with Crippen LogP contribution in [0.2, 0.25) is 5.02 Å². The highest BCUT2D eigenvalue weighted by Crippen LogP contribution is 2.34. The molecule has 0 radical (unpaired) electrons. The second kappa shape index (κ2) is 10.1. The van der Waals surface area contributed by atoms with Gasteiger partial charge in [-0.1, -0.05) is 11.6 Å². The number of rotatable bonds is 9. The number of hydrogen-bond donors (Lipinski definition) is 1. The molecule has 1 N–H and O–H groups in total. The number of thiazole rings is 1. The maximum atomic E-state index is 12.3. The number of ether oxygens (including phenoxy) is 2. The van der Waals surface area contributed by atoms with Crippen LogP contribution in [0.25, 0.3) is 11.3 Å². The lowest BCUT2D eigenvalue weighted by Gasteiger charge is -2.08. The van der Waals surface area contributed by atoms with E-state index in [0.29, 0.717) is 27.3 Å². The Hall–Kier alpha value is -2.62. The van der Waals surface area contributed by atoms with Crippen molar-refractivity contribution in [3.05, 3.63) is 52.9 Å². The summed E-state index contributed by atoms with van der Waals surface area (Å²) in [6.45, 7) is 0. The highest BCUT2D eigenvalue weighted by Gasteiger charge is 2.16. The highest BCUT2D eigenvalue weighted by molar-refractivity contribution is 7.91. The molecule has 1 heterocycles. The van der Waals surface area contributed by atoms with E-state index >= 15 is 0 Å². The van der Waals surface area contributed by atoms with E-state index in [9.17, 15) is 13.2 Å². The molecule has 0 aliphatic carbocycles. The molecule has 0 bridgehead atoms. The molecule has 1 amide bonds. The molecule has 0 fully saturated rings. The molecule has 0 unspecified atom stereocenters. The van der Waals surface area contributed by atoms with E-state index in [4.69, 9.17) is 21.1 Å². The van der Waals surface area contributed by atoms with Gasteiger partial charge in [0.1, 0.15) is 11.5 Å². The summed E-state index contributed by atoms with van der Waals surface area (Å²) in [4.78, 5) is 16.9. The van der Waals surface area contributed by atoms with Crippen LogP contribution in [0.15, 0.2) is 52.7 Å². The van der Waals surface area contributed by atoms with Crippen molar-refractivity contribution in [2.24, 2.45) is 0 Å². The van der Waals surface area contributed by atoms with Gasteiger partial charge in [0.15, 0.2) is 15.0 Å². The Kier molecular flexibility index (Phi) is 7.53. The maximum absolute atomic E-state index is 12.3. The van der Waals surface area contributed by atoms with Gasteiger partial charge in [-0.2, -0.15) is 0 Å². The van der Waals surface area contributed by atoms with Crippen LogP contribution in [0, 0.1) is 0 Å². The lowest BCUT2D eigenvalue weighted by molar-refractivity contribution is -0.116. The Labute approximate surface area is 189 Å². The number of benzene rings is 2. The van der Waals surface area contributed by atoms with E-state index < -0.39 is 9.84 Å². The molecule has 3 rings (SSSR count). The summed E-state index contributed by atoms with van der Waals surface area (Å²) in [5.41, 5.74) is 1.43. The lowest BCUT2D eigenvalue weighted by Crippen LogP contribution is -2.14. The van der Waals surface area contributed by atoms with Gasteiger partial charge in [0.05, 0.1) is 30.6 Å². The van der Waals surface area contributed by atoms with Gasteiger partial charge in [-0.05, 0) is 42.8 Å². The standard InChI is InChI=1S/C21H21ClN2O5S2/c1-28-15-7-10-17(19(12-15)29-2)18-13-30-21(23-18)24-20(25)4-3-11-31(26,27)16-8-5-14(22)6-9-16/h5-10,12-13H,3-4,11H2,1-2H3,(H,23,24,25). The van der Waals surface area contributed by atoms with Crippen molar-refractivity contribution in [3.63, 3.8) is 0 Å². The summed E-state index contributed by atoms with van der Waals surface area (Å²) in [7, 11) is -0.331. The number of nitrogens with one attached hydrogen (secondary N) is 1. The predicted molar refractivity (Wildman–Crippen MR) is 122 cm³/mol. The maximum Gasteiger partial charge on any atom is 0.226 e. The van der Waals surface area contributed by atoms with E-state index in [1.807, 2.05) is 11.4 Å². The Morgan fingerprint density at radius 2 is 1.87 bits per heavy atom. The zero-order valence-corrected chi connectivity index (χ0v) is 19.3. The third kappa shape index (κ3) is 5.96. The number of nitrogens with zero attached hydrogens (tertiary/aromatic N) is 1. The number of methoxy groups -OCH3 is 2. The number of anilines is 1. The summed E-state index contributed by atoms with van der Waals surface area (Å²) < 4.78 is 35.3. The van der Waals surface area contributed by atoms with Gasteiger partial charge in [-0.3, -0.25) is 4.79 Å². The summed E-state index contributed by atoms with van der Waals surface area (Å²) in [6, 6.07) is 11.4. The quantitative estimate of drug-likeness (QED) is 0.478. The molecular formula is C21H21ClN2O5S2. The summed E-state index contributed by atoms with van der Waals surface area (Å²) in [5, 5.41) is 5.42. The minimum absolute atomic E-state index is 0.0631. The van der Waals surface area contributed by atoms with Gasteiger partial charge >= 0.3 is 0 Å². The van der Waals surface area contributed by atoms with Crippen LogP contribution in [0.1, 0.15) is 12.8 Å². The summed E-state index contributed by atoms with van der Waals surface area (Å²) >= 11 is 7.07. The van der Waals surface area contributed by atoms with E-state index in [2.05, 4.69) is 10.3 Å². The van der Waals surface area contributed by atoms with Crippen LogP contribution in [-0.4, -0.2) is 39.3 Å². The fourth-order valence-corrected chi connectivity index (χ4v) is 4.99. The molecule has 0 atom stereocenters. The van der Waals surface area contributed by atoms with Gasteiger partial charge in [0.2, 0.25) is 5.91 Å². The Balaban J connectivity index is 1.57. The number of halogens is 1. The first kappa shape index (κ1) is 23.1. The molecule has 0 saturated carbocycles. The first-order chi connectivity index (χ1) is 14.8. The topological polar surface area (TPSA) is 94.6 Å². The predicted octanol–water partition coefficient (Wildman–Crippen LogP) is 4.67. The highest BCUT2D eigenvalue weighted by atomic mass is 35.5. The zero-order chi connectivity index (χ0) is 22.4. The molecule has 0 spiro atoms. The van der Waals surface area contributed by atoms with Crippen LogP contribution in [0.5, 0.6) is 11.5 Å². The van der Waals surface area contributed by atoms with Crippen molar-refractivity contribution >= 4 is 43.8 Å². The normalized spacial score (nSPS) is 11.2. The average Bonchev–Trinajstić information content (AvgIpc) is 3.21. The summed E-state index contributed by atoms with van der Waals surface area (Å²) in [6.07, 6.45) is 0.259. The van der Waals surface area contributed by atoms with Crippen molar-refractivity contribution in [2.45, 2.75) is 17.7 Å². The van der Waals surface area contributed by atoms with E-state index in [1.165, 1.54) is 35.6 Å². The molecule has 0 saturated heterocycles. The van der Waals surface area contributed by atoms with Gasteiger partial charge in [-0.25, -0.2) is 13.4 Å². The van der Waals surface area contributed by atoms with Crippen molar-refractivity contribution in [1.29, 1.82) is 0 Å². The molecular weight excluding hydrogens is 460 g/mol. The molecule has 1 aromatic heterocycles. The van der Waals surface area contributed by atoms with Crippen LogP contribution in [0.4, 0.5) is 5.13 Å². The molecule has 0 aliphatic heterocycles. The van der Waals surface area contributed by atoms with E-state index in [1.54, 1.807) is 26.4 Å². The Morgan fingerprint density at radius 3 is 2.55 bits per heavy atom. The SMILES string of the molecule is COc1ccc(-c2csc(NC(=O)CCCS(=O)(=O)c3ccc(Cl)cc3)n2)c(OC)c1. The number of aromatic nitrogens is 1. The fraction of sp³-hybridized carbons (Fsp3) is 0.238. The van der Waals surface area contributed by atoms with Crippen molar-refractivity contribution in [1.82, 2.24) is 4.98 Å². The molecule has 164 valence electrons. The number of amides is 1. The minimum Gasteiger partial charge on any atom is -0.497 e. The third-order valence-electron chi connectivity index (χ3n) is 4.42.